The third-order valence-corrected chi connectivity index (χ3v) is 5.49. The molecule has 28 heavy (non-hydrogen) atoms. The van der Waals surface area contributed by atoms with Crippen LogP contribution in [0.2, 0.25) is 5.02 Å². The molecule has 0 unspecified atom stereocenters. The van der Waals surface area contributed by atoms with E-state index in [1.807, 2.05) is 6.92 Å². The van der Waals surface area contributed by atoms with Crippen LogP contribution in [0.1, 0.15) is 54.3 Å². The number of rotatable bonds is 5. The highest BCUT2D eigenvalue weighted by atomic mass is 79.9. The average Bonchev–Trinajstić information content (AvgIpc) is 2.98. The van der Waals surface area contributed by atoms with Crippen molar-refractivity contribution in [3.8, 4) is 0 Å². The molecule has 0 saturated heterocycles. The summed E-state index contributed by atoms with van der Waals surface area (Å²) in [7, 11) is 0. The first-order chi connectivity index (χ1) is 13.2. The van der Waals surface area contributed by atoms with Crippen LogP contribution in [0, 0.1) is 0 Å². The topological polar surface area (TPSA) is 59.0 Å². The normalized spacial score (nSPS) is 19.1. The smallest absolute Gasteiger partial charge is 0.362 e. The van der Waals surface area contributed by atoms with Gasteiger partial charge in [0.25, 0.3) is 5.91 Å². The number of unbranched alkanes of at least 4 members (excludes halogenated alkanes) is 1. The van der Waals surface area contributed by atoms with Gasteiger partial charge in [0.05, 0.1) is 6.04 Å². The predicted octanol–water partition coefficient (Wildman–Crippen LogP) is 5.49. The van der Waals surface area contributed by atoms with E-state index in [9.17, 15) is 18.0 Å². The molecule has 1 aromatic carbocycles. The number of nitrogens with zero attached hydrogens (tertiary/aromatic N) is 2. The number of carbonyl (C=O) groups excluding carboxylic acids is 1. The largest absolute Gasteiger partial charge is 0.410 e. The van der Waals surface area contributed by atoms with Crippen LogP contribution in [-0.4, -0.2) is 28.4 Å². The maximum atomic E-state index is 13.7. The van der Waals surface area contributed by atoms with E-state index >= 15 is 0 Å². The molecule has 0 fully saturated rings. The van der Waals surface area contributed by atoms with Gasteiger partial charge >= 0.3 is 6.18 Å². The number of hydrogen-bond acceptors (Lipinski definition) is 3. The summed E-state index contributed by atoms with van der Waals surface area (Å²) >= 11 is 9.58. The molecular weight excluding hydrogens is 461 g/mol. The van der Waals surface area contributed by atoms with Gasteiger partial charge in [-0.05, 0) is 24.1 Å². The summed E-state index contributed by atoms with van der Waals surface area (Å²) in [5, 5.41) is 9.45. The monoisotopic (exact) mass is 478 g/mol. The third kappa shape index (κ3) is 4.30. The Morgan fingerprint density at radius 3 is 2.68 bits per heavy atom. The zero-order valence-electron chi connectivity index (χ0n) is 15.0. The summed E-state index contributed by atoms with van der Waals surface area (Å²) in [4.78, 5) is 12.3. The molecule has 10 heteroatoms. The van der Waals surface area contributed by atoms with Crippen molar-refractivity contribution in [1.29, 1.82) is 0 Å². The SMILES string of the molecule is CCCCNC(=O)c1nn2c(c1Cl)N[C@H](c1ccc(Br)cc1)C[C@@H]2C(F)(F)F. The van der Waals surface area contributed by atoms with E-state index in [2.05, 4.69) is 31.7 Å². The first kappa shape index (κ1) is 21.0. The molecule has 152 valence electrons. The molecule has 0 aliphatic carbocycles. The average molecular weight is 480 g/mol. The minimum absolute atomic E-state index is 0.00352. The van der Waals surface area contributed by atoms with Crippen LogP contribution in [0.4, 0.5) is 19.0 Å². The molecule has 2 atom stereocenters. The van der Waals surface area contributed by atoms with E-state index in [0.29, 0.717) is 12.1 Å². The minimum atomic E-state index is -4.53. The number of fused-ring (bicyclic) bond motifs is 1. The summed E-state index contributed by atoms with van der Waals surface area (Å²) in [6, 6.07) is 4.52. The molecule has 2 aromatic rings. The molecule has 1 aliphatic rings. The van der Waals surface area contributed by atoms with Gasteiger partial charge in [-0.3, -0.25) is 4.79 Å². The lowest BCUT2D eigenvalue weighted by molar-refractivity contribution is -0.173. The second-order valence-corrected chi connectivity index (χ2v) is 7.90. The number of carbonyl (C=O) groups is 1. The Labute approximate surface area is 173 Å². The van der Waals surface area contributed by atoms with E-state index in [-0.39, 0.29) is 23.0 Å². The first-order valence-electron chi connectivity index (χ1n) is 8.87. The van der Waals surface area contributed by atoms with Crippen molar-refractivity contribution in [2.45, 2.75) is 44.4 Å². The predicted molar refractivity (Wildman–Crippen MR) is 105 cm³/mol. The molecular formula is C18H19BrClF3N4O. The molecule has 0 radical (unpaired) electrons. The van der Waals surface area contributed by atoms with Crippen LogP contribution in [0.25, 0.3) is 0 Å². The van der Waals surface area contributed by atoms with Crippen molar-refractivity contribution in [3.63, 3.8) is 0 Å². The summed E-state index contributed by atoms with van der Waals surface area (Å²) in [6.45, 7) is 2.38. The van der Waals surface area contributed by atoms with Crippen LogP contribution >= 0.6 is 27.5 Å². The molecule has 3 rings (SSSR count). The summed E-state index contributed by atoms with van der Waals surface area (Å²) in [6.07, 6.45) is -3.16. The van der Waals surface area contributed by atoms with E-state index in [1.54, 1.807) is 24.3 Å². The second kappa shape index (κ2) is 8.32. The fourth-order valence-corrected chi connectivity index (χ4v) is 3.64. The van der Waals surface area contributed by atoms with Gasteiger partial charge in [-0.2, -0.15) is 18.3 Å². The molecule has 1 aliphatic heterocycles. The Kier molecular flexibility index (Phi) is 6.24. The highest BCUT2D eigenvalue weighted by molar-refractivity contribution is 9.10. The number of aromatic nitrogens is 2. The van der Waals surface area contributed by atoms with Gasteiger partial charge in [0.15, 0.2) is 11.7 Å². The number of anilines is 1. The van der Waals surface area contributed by atoms with Crippen molar-refractivity contribution in [2.75, 3.05) is 11.9 Å². The molecule has 1 amide bonds. The number of benzene rings is 1. The van der Waals surface area contributed by atoms with Gasteiger partial charge in [-0.15, -0.1) is 0 Å². The molecule has 2 heterocycles. The Morgan fingerprint density at radius 2 is 2.07 bits per heavy atom. The van der Waals surface area contributed by atoms with Crippen molar-refractivity contribution in [2.24, 2.45) is 0 Å². The summed E-state index contributed by atoms with van der Waals surface area (Å²) in [5.74, 6) is -0.577. The molecule has 0 spiro atoms. The van der Waals surface area contributed by atoms with Crippen molar-refractivity contribution >= 4 is 39.3 Å². The molecule has 2 N–H and O–H groups in total. The molecule has 5 nitrogen and oxygen atoms in total. The number of hydrogen-bond donors (Lipinski definition) is 2. The van der Waals surface area contributed by atoms with E-state index < -0.39 is 24.2 Å². The maximum Gasteiger partial charge on any atom is 0.410 e. The molecule has 1 aromatic heterocycles. The standard InChI is InChI=1S/C18H19BrClF3N4O/c1-2-3-8-24-17(28)15-14(20)16-25-12(10-4-6-11(19)7-5-10)9-13(18(21,22)23)27(16)26-15/h4-7,12-13,25H,2-3,8-9H2,1H3,(H,24,28)/t12-,13+/m0/s1. The van der Waals surface area contributed by atoms with Gasteiger partial charge < -0.3 is 10.6 Å². The Bertz CT molecular complexity index is 854. The fraction of sp³-hybridized carbons (Fsp3) is 0.444. The van der Waals surface area contributed by atoms with E-state index in [0.717, 1.165) is 22.0 Å². The lowest BCUT2D eigenvalue weighted by Crippen LogP contribution is -2.36. The molecule has 0 saturated carbocycles. The van der Waals surface area contributed by atoms with Crippen molar-refractivity contribution in [3.05, 3.63) is 45.0 Å². The Balaban J connectivity index is 1.96. The van der Waals surface area contributed by atoms with Gasteiger partial charge in [0.2, 0.25) is 0 Å². The second-order valence-electron chi connectivity index (χ2n) is 6.61. The summed E-state index contributed by atoms with van der Waals surface area (Å²) < 4.78 is 42.8. The van der Waals surface area contributed by atoms with Crippen LogP contribution in [-0.2, 0) is 0 Å². The highest BCUT2D eigenvalue weighted by Gasteiger charge is 2.47. The minimum Gasteiger partial charge on any atom is -0.362 e. The zero-order chi connectivity index (χ0) is 20.5. The van der Waals surface area contributed by atoms with E-state index in [4.69, 9.17) is 11.6 Å². The van der Waals surface area contributed by atoms with Crippen LogP contribution < -0.4 is 10.6 Å². The number of alkyl halides is 3. The molecule has 0 bridgehead atoms. The highest BCUT2D eigenvalue weighted by Crippen LogP contribution is 2.46. The quantitative estimate of drug-likeness (QED) is 0.558. The van der Waals surface area contributed by atoms with Crippen LogP contribution in [0.5, 0.6) is 0 Å². The maximum absolute atomic E-state index is 13.7. The van der Waals surface area contributed by atoms with Crippen LogP contribution in [0.15, 0.2) is 28.7 Å². The lowest BCUT2D eigenvalue weighted by atomic mass is 9.97. The van der Waals surface area contributed by atoms with Crippen LogP contribution in [0.3, 0.4) is 0 Å². The van der Waals surface area contributed by atoms with Crippen molar-refractivity contribution < 1.29 is 18.0 Å². The van der Waals surface area contributed by atoms with Gasteiger partial charge in [0, 0.05) is 17.4 Å². The number of halogens is 5. The summed E-state index contributed by atoms with van der Waals surface area (Å²) in [5.41, 5.74) is 0.487. The van der Waals surface area contributed by atoms with Crippen molar-refractivity contribution in [1.82, 2.24) is 15.1 Å². The first-order valence-corrected chi connectivity index (χ1v) is 10.0. The zero-order valence-corrected chi connectivity index (χ0v) is 17.3. The Morgan fingerprint density at radius 1 is 1.39 bits per heavy atom. The van der Waals surface area contributed by atoms with Gasteiger partial charge in [-0.1, -0.05) is 53.0 Å². The third-order valence-electron chi connectivity index (χ3n) is 4.60. The number of nitrogens with one attached hydrogen (secondary N) is 2. The fourth-order valence-electron chi connectivity index (χ4n) is 3.11. The van der Waals surface area contributed by atoms with Gasteiger partial charge in [0.1, 0.15) is 10.8 Å². The van der Waals surface area contributed by atoms with Gasteiger partial charge in [-0.25, -0.2) is 4.68 Å². The van der Waals surface area contributed by atoms with E-state index in [1.165, 1.54) is 0 Å². The number of amides is 1. The Hall–Kier alpha value is -1.74. The lowest BCUT2D eigenvalue weighted by Gasteiger charge is -2.33.